The maximum atomic E-state index is 5.78. The van der Waals surface area contributed by atoms with Gasteiger partial charge in [0.2, 0.25) is 0 Å². The van der Waals surface area contributed by atoms with Crippen LogP contribution in [0.1, 0.15) is 25.8 Å². The van der Waals surface area contributed by atoms with Gasteiger partial charge in [-0.3, -0.25) is 0 Å². The van der Waals surface area contributed by atoms with Crippen LogP contribution in [0.5, 0.6) is 0 Å². The van der Waals surface area contributed by atoms with E-state index in [0.29, 0.717) is 12.0 Å². The lowest BCUT2D eigenvalue weighted by Crippen LogP contribution is -2.25. The van der Waals surface area contributed by atoms with Crippen LogP contribution in [0.25, 0.3) is 10.9 Å². The maximum absolute atomic E-state index is 5.78. The van der Waals surface area contributed by atoms with E-state index in [2.05, 4.69) is 49.1 Å². The molecule has 1 aliphatic rings. The van der Waals surface area contributed by atoms with E-state index in [1.165, 1.54) is 17.4 Å². The van der Waals surface area contributed by atoms with Gasteiger partial charge in [0.05, 0.1) is 5.52 Å². The highest BCUT2D eigenvalue weighted by atomic mass is 15.2. The molecule has 1 aromatic heterocycles. The topological polar surface area (TPSA) is 42.2 Å². The SMILES string of the molecule is CC1(C)CCN(c2nc3ccccc3cc2CCN)C1. The molecular weight excluding hydrogens is 246 g/mol. The molecule has 0 radical (unpaired) electrons. The van der Waals surface area contributed by atoms with Crippen LogP contribution in [0.2, 0.25) is 0 Å². The summed E-state index contributed by atoms with van der Waals surface area (Å²) in [6.45, 7) is 7.50. The highest BCUT2D eigenvalue weighted by Crippen LogP contribution is 2.34. The van der Waals surface area contributed by atoms with E-state index in [1.54, 1.807) is 0 Å². The summed E-state index contributed by atoms with van der Waals surface area (Å²) in [4.78, 5) is 7.34. The number of pyridine rings is 1. The van der Waals surface area contributed by atoms with Crippen LogP contribution in [0, 0.1) is 5.41 Å². The Morgan fingerprint density at radius 2 is 2.10 bits per heavy atom. The summed E-state index contributed by atoms with van der Waals surface area (Å²) in [5.74, 6) is 1.14. The van der Waals surface area contributed by atoms with Gasteiger partial charge in [0.15, 0.2) is 0 Å². The Bertz CT molecular complexity index is 619. The first kappa shape index (κ1) is 13.4. The zero-order valence-electron chi connectivity index (χ0n) is 12.4. The number of para-hydroxylation sites is 1. The molecule has 1 aromatic carbocycles. The van der Waals surface area contributed by atoms with Crippen molar-refractivity contribution in [2.24, 2.45) is 11.1 Å². The van der Waals surface area contributed by atoms with Crippen molar-refractivity contribution in [1.29, 1.82) is 0 Å². The molecule has 106 valence electrons. The molecule has 0 bridgehead atoms. The van der Waals surface area contributed by atoms with E-state index in [9.17, 15) is 0 Å². The van der Waals surface area contributed by atoms with Crippen molar-refractivity contribution in [2.75, 3.05) is 24.5 Å². The van der Waals surface area contributed by atoms with Gasteiger partial charge in [-0.05, 0) is 42.5 Å². The lowest BCUT2D eigenvalue weighted by Gasteiger charge is -2.23. The van der Waals surface area contributed by atoms with Crippen molar-refractivity contribution in [1.82, 2.24) is 4.98 Å². The van der Waals surface area contributed by atoms with Gasteiger partial charge in [-0.15, -0.1) is 0 Å². The predicted molar refractivity (Wildman–Crippen MR) is 85.1 cm³/mol. The van der Waals surface area contributed by atoms with Gasteiger partial charge in [-0.2, -0.15) is 0 Å². The molecule has 0 atom stereocenters. The number of nitrogens with zero attached hydrogens (tertiary/aromatic N) is 2. The second-order valence-corrected chi connectivity index (χ2v) is 6.54. The molecule has 0 amide bonds. The molecule has 1 fully saturated rings. The van der Waals surface area contributed by atoms with E-state index in [1.807, 2.05) is 0 Å². The standard InChI is InChI=1S/C17H23N3/c1-17(2)8-10-20(12-17)16-14(7-9-18)11-13-5-3-4-6-15(13)19-16/h3-6,11H,7-10,12,18H2,1-2H3. The fourth-order valence-electron chi connectivity index (χ4n) is 3.06. The molecule has 1 aliphatic heterocycles. The lowest BCUT2D eigenvalue weighted by atomic mass is 9.93. The third-order valence-corrected chi connectivity index (χ3v) is 4.17. The molecule has 3 nitrogen and oxygen atoms in total. The van der Waals surface area contributed by atoms with Crippen LogP contribution in [0.3, 0.4) is 0 Å². The molecule has 2 N–H and O–H groups in total. The highest BCUT2D eigenvalue weighted by Gasteiger charge is 2.31. The van der Waals surface area contributed by atoms with Gasteiger partial charge >= 0.3 is 0 Å². The minimum absolute atomic E-state index is 0.382. The molecule has 3 heteroatoms. The minimum atomic E-state index is 0.382. The van der Waals surface area contributed by atoms with E-state index < -0.39 is 0 Å². The average Bonchev–Trinajstić information content (AvgIpc) is 2.78. The fraction of sp³-hybridized carbons (Fsp3) is 0.471. The van der Waals surface area contributed by atoms with Gasteiger partial charge in [-0.25, -0.2) is 4.98 Å². The monoisotopic (exact) mass is 269 g/mol. The first-order valence-electron chi connectivity index (χ1n) is 7.43. The van der Waals surface area contributed by atoms with Crippen molar-refractivity contribution >= 4 is 16.7 Å². The Labute approximate surface area is 120 Å². The number of hydrogen-bond donors (Lipinski definition) is 1. The molecule has 20 heavy (non-hydrogen) atoms. The molecular formula is C17H23N3. The lowest BCUT2D eigenvalue weighted by molar-refractivity contribution is 0.418. The van der Waals surface area contributed by atoms with Crippen LogP contribution in [-0.4, -0.2) is 24.6 Å². The van der Waals surface area contributed by atoms with Gasteiger partial charge in [0.1, 0.15) is 5.82 Å². The number of aromatic nitrogens is 1. The summed E-state index contributed by atoms with van der Waals surface area (Å²) < 4.78 is 0. The number of nitrogens with two attached hydrogens (primary N) is 1. The molecule has 0 unspecified atom stereocenters. The first-order valence-corrected chi connectivity index (χ1v) is 7.43. The van der Waals surface area contributed by atoms with Crippen molar-refractivity contribution in [2.45, 2.75) is 26.7 Å². The Kier molecular flexibility index (Phi) is 3.38. The van der Waals surface area contributed by atoms with Crippen molar-refractivity contribution in [3.63, 3.8) is 0 Å². The van der Waals surface area contributed by atoms with Crippen LogP contribution >= 0.6 is 0 Å². The van der Waals surface area contributed by atoms with E-state index in [4.69, 9.17) is 10.7 Å². The molecule has 2 heterocycles. The van der Waals surface area contributed by atoms with Crippen LogP contribution in [-0.2, 0) is 6.42 Å². The fourth-order valence-corrected chi connectivity index (χ4v) is 3.06. The summed E-state index contributed by atoms with van der Waals surface area (Å²) in [7, 11) is 0. The molecule has 2 aromatic rings. The third kappa shape index (κ3) is 2.50. The second-order valence-electron chi connectivity index (χ2n) is 6.54. The van der Waals surface area contributed by atoms with Crippen molar-refractivity contribution in [3.8, 4) is 0 Å². The molecule has 0 aliphatic carbocycles. The summed E-state index contributed by atoms with van der Waals surface area (Å²) >= 11 is 0. The van der Waals surface area contributed by atoms with Gasteiger partial charge in [0, 0.05) is 18.5 Å². The second kappa shape index (κ2) is 5.06. The smallest absolute Gasteiger partial charge is 0.132 e. The zero-order valence-corrected chi connectivity index (χ0v) is 12.4. The zero-order chi connectivity index (χ0) is 14.2. The van der Waals surface area contributed by atoms with Gasteiger partial charge in [-0.1, -0.05) is 32.0 Å². The Morgan fingerprint density at radius 1 is 1.30 bits per heavy atom. The van der Waals surface area contributed by atoms with Gasteiger partial charge < -0.3 is 10.6 Å². The normalized spacial score (nSPS) is 17.9. The summed E-state index contributed by atoms with van der Waals surface area (Å²) in [6.07, 6.45) is 2.12. The number of hydrogen-bond acceptors (Lipinski definition) is 3. The van der Waals surface area contributed by atoms with Crippen molar-refractivity contribution < 1.29 is 0 Å². The van der Waals surface area contributed by atoms with Crippen LogP contribution in [0.4, 0.5) is 5.82 Å². The maximum Gasteiger partial charge on any atom is 0.132 e. The summed E-state index contributed by atoms with van der Waals surface area (Å²) in [5.41, 5.74) is 8.52. The highest BCUT2D eigenvalue weighted by molar-refractivity contribution is 5.82. The number of fused-ring (bicyclic) bond motifs is 1. The molecule has 0 spiro atoms. The largest absolute Gasteiger partial charge is 0.356 e. The van der Waals surface area contributed by atoms with Crippen molar-refractivity contribution in [3.05, 3.63) is 35.9 Å². The molecule has 3 rings (SSSR count). The number of rotatable bonds is 3. The van der Waals surface area contributed by atoms with E-state index in [-0.39, 0.29) is 0 Å². The molecule has 1 saturated heterocycles. The van der Waals surface area contributed by atoms with E-state index in [0.717, 1.165) is 30.8 Å². The average molecular weight is 269 g/mol. The van der Waals surface area contributed by atoms with Crippen LogP contribution in [0.15, 0.2) is 30.3 Å². The quantitative estimate of drug-likeness (QED) is 0.931. The summed E-state index contributed by atoms with van der Waals surface area (Å²) in [6, 6.07) is 10.6. The van der Waals surface area contributed by atoms with Gasteiger partial charge in [0.25, 0.3) is 0 Å². The first-order chi connectivity index (χ1) is 9.59. The minimum Gasteiger partial charge on any atom is -0.356 e. The third-order valence-electron chi connectivity index (χ3n) is 4.17. The molecule has 0 saturated carbocycles. The predicted octanol–water partition coefficient (Wildman–Crippen LogP) is 2.97. The Morgan fingerprint density at radius 3 is 2.80 bits per heavy atom. The number of benzene rings is 1. The Balaban J connectivity index is 2.05. The Hall–Kier alpha value is -1.61. The van der Waals surface area contributed by atoms with E-state index >= 15 is 0 Å². The summed E-state index contributed by atoms with van der Waals surface area (Å²) in [5, 5.41) is 1.21. The van der Waals surface area contributed by atoms with Crippen LogP contribution < -0.4 is 10.6 Å². The number of anilines is 1.